The van der Waals surface area contributed by atoms with Gasteiger partial charge in [-0.05, 0) is 32.3 Å². The number of fused-ring (bicyclic) bond motifs is 1. The van der Waals surface area contributed by atoms with Gasteiger partial charge in [0, 0.05) is 55.2 Å². The maximum atomic E-state index is 5.66. The van der Waals surface area contributed by atoms with Gasteiger partial charge in [-0.3, -0.25) is 0 Å². The van der Waals surface area contributed by atoms with E-state index in [1.165, 1.54) is 0 Å². The molecule has 5 rings (SSSR count). The van der Waals surface area contributed by atoms with Crippen LogP contribution in [0.3, 0.4) is 0 Å². The molecule has 11 heteroatoms. The zero-order chi connectivity index (χ0) is 23.5. The fraction of sp³-hybridized carbons (Fsp3) is 0.348. The van der Waals surface area contributed by atoms with Crippen molar-refractivity contribution in [2.45, 2.75) is 0 Å². The van der Waals surface area contributed by atoms with Crippen LogP contribution in [0, 0.1) is 0 Å². The molecule has 0 bridgehead atoms. The topological polar surface area (TPSA) is 118 Å². The number of aromatic nitrogens is 5. The van der Waals surface area contributed by atoms with Crippen LogP contribution >= 0.6 is 11.3 Å². The van der Waals surface area contributed by atoms with Gasteiger partial charge in [-0.25, -0.2) is 24.9 Å². The van der Waals surface area contributed by atoms with Crippen molar-refractivity contribution in [2.75, 3.05) is 69.4 Å². The molecular weight excluding hydrogens is 450 g/mol. The standard InChI is InChI=1S/C23H27N9OS/c1-31(2)6-5-25-19-4-3-15(12-26-19)18-11-17-20(34-18)22(32-7-9-33-10-8-32)30-21(29-17)16-13-27-23(24)28-14-16/h3-4,11-14H,5-10H2,1-2H3,(H,25,26)(H2,24,27,28). The lowest BCUT2D eigenvalue weighted by atomic mass is 10.2. The second-order valence-electron chi connectivity index (χ2n) is 8.29. The van der Waals surface area contributed by atoms with Crippen LogP contribution in [0.15, 0.2) is 36.8 Å². The van der Waals surface area contributed by atoms with Crippen LogP contribution in [0.5, 0.6) is 0 Å². The summed E-state index contributed by atoms with van der Waals surface area (Å²) in [4.78, 5) is 28.0. The first kappa shape index (κ1) is 22.4. The zero-order valence-electron chi connectivity index (χ0n) is 19.2. The molecule has 34 heavy (non-hydrogen) atoms. The smallest absolute Gasteiger partial charge is 0.219 e. The number of pyridine rings is 1. The summed E-state index contributed by atoms with van der Waals surface area (Å²) in [5, 5.41) is 3.35. The SMILES string of the molecule is CN(C)CCNc1ccc(-c2cc3nc(-c4cnc(N)nc4)nc(N4CCOCC4)c3s2)cn1. The van der Waals surface area contributed by atoms with Crippen molar-refractivity contribution in [3.05, 3.63) is 36.8 Å². The van der Waals surface area contributed by atoms with E-state index < -0.39 is 0 Å². The van der Waals surface area contributed by atoms with Crippen LogP contribution in [0.1, 0.15) is 0 Å². The summed E-state index contributed by atoms with van der Waals surface area (Å²) >= 11 is 1.68. The third kappa shape index (κ3) is 4.91. The predicted octanol–water partition coefficient (Wildman–Crippen LogP) is 2.60. The van der Waals surface area contributed by atoms with Crippen LogP contribution in [-0.4, -0.2) is 83.3 Å². The van der Waals surface area contributed by atoms with Gasteiger partial charge in [-0.1, -0.05) is 0 Å². The Morgan fingerprint density at radius 3 is 2.53 bits per heavy atom. The lowest BCUT2D eigenvalue weighted by molar-refractivity contribution is 0.122. The minimum absolute atomic E-state index is 0.225. The molecule has 10 nitrogen and oxygen atoms in total. The second-order valence-corrected chi connectivity index (χ2v) is 9.34. The van der Waals surface area contributed by atoms with Crippen LogP contribution in [-0.2, 0) is 4.74 Å². The summed E-state index contributed by atoms with van der Waals surface area (Å²) in [6.07, 6.45) is 5.22. The van der Waals surface area contributed by atoms with Crippen molar-refractivity contribution in [2.24, 2.45) is 0 Å². The maximum Gasteiger partial charge on any atom is 0.219 e. The van der Waals surface area contributed by atoms with Gasteiger partial charge in [0.05, 0.1) is 29.0 Å². The molecule has 0 radical (unpaired) electrons. The number of hydrogen-bond acceptors (Lipinski definition) is 11. The second kappa shape index (κ2) is 9.84. The van der Waals surface area contributed by atoms with Gasteiger partial charge in [-0.15, -0.1) is 11.3 Å². The summed E-state index contributed by atoms with van der Waals surface area (Å²) in [7, 11) is 4.11. The maximum absolute atomic E-state index is 5.66. The molecule has 0 atom stereocenters. The molecule has 1 aliphatic heterocycles. The minimum atomic E-state index is 0.225. The lowest BCUT2D eigenvalue weighted by Gasteiger charge is -2.28. The predicted molar refractivity (Wildman–Crippen MR) is 136 cm³/mol. The molecule has 1 fully saturated rings. The molecule has 0 amide bonds. The Morgan fingerprint density at radius 1 is 1.06 bits per heavy atom. The molecule has 5 heterocycles. The van der Waals surface area contributed by atoms with Gasteiger partial charge in [0.15, 0.2) is 11.6 Å². The number of thiophene rings is 1. The quantitative estimate of drug-likeness (QED) is 0.411. The van der Waals surface area contributed by atoms with E-state index in [2.05, 4.69) is 56.3 Å². The monoisotopic (exact) mass is 477 g/mol. The van der Waals surface area contributed by atoms with Gasteiger partial charge in [-0.2, -0.15) is 0 Å². The summed E-state index contributed by atoms with van der Waals surface area (Å²) in [6.45, 7) is 4.72. The van der Waals surface area contributed by atoms with E-state index in [9.17, 15) is 0 Å². The normalized spacial score (nSPS) is 14.1. The van der Waals surface area contributed by atoms with Gasteiger partial charge in [0.2, 0.25) is 5.95 Å². The largest absolute Gasteiger partial charge is 0.378 e. The van der Waals surface area contributed by atoms with E-state index in [0.29, 0.717) is 19.0 Å². The highest BCUT2D eigenvalue weighted by Gasteiger charge is 2.21. The Morgan fingerprint density at radius 2 is 1.82 bits per heavy atom. The molecule has 0 spiro atoms. The Labute approximate surface area is 201 Å². The number of nitrogens with two attached hydrogens (primary N) is 1. The number of nitrogen functional groups attached to an aromatic ring is 1. The van der Waals surface area contributed by atoms with Crippen molar-refractivity contribution >= 4 is 39.1 Å². The number of hydrogen-bond donors (Lipinski definition) is 2. The molecule has 0 aromatic carbocycles. The van der Waals surface area contributed by atoms with Gasteiger partial charge in [0.25, 0.3) is 0 Å². The van der Waals surface area contributed by atoms with Crippen LogP contribution < -0.4 is 16.0 Å². The molecule has 1 saturated heterocycles. The molecule has 3 N–H and O–H groups in total. The van der Waals surface area contributed by atoms with Crippen LogP contribution in [0.2, 0.25) is 0 Å². The number of likely N-dealkylation sites (N-methyl/N-ethyl adjacent to an activating group) is 1. The van der Waals surface area contributed by atoms with Gasteiger partial charge < -0.3 is 25.6 Å². The van der Waals surface area contributed by atoms with Crippen LogP contribution in [0.4, 0.5) is 17.6 Å². The first-order valence-corrected chi connectivity index (χ1v) is 12.0. The Bertz CT molecular complexity index is 1250. The third-order valence-electron chi connectivity index (χ3n) is 5.51. The molecule has 0 unspecified atom stereocenters. The highest BCUT2D eigenvalue weighted by Crippen LogP contribution is 2.38. The Hall–Kier alpha value is -3.41. The molecule has 1 aliphatic rings. The Kier molecular flexibility index (Phi) is 6.48. The minimum Gasteiger partial charge on any atom is -0.378 e. The van der Waals surface area contributed by atoms with Crippen molar-refractivity contribution in [3.63, 3.8) is 0 Å². The average Bonchev–Trinajstić information content (AvgIpc) is 3.29. The molecular formula is C23H27N9OS. The first-order valence-electron chi connectivity index (χ1n) is 11.1. The van der Waals surface area contributed by atoms with Crippen molar-refractivity contribution in [1.29, 1.82) is 0 Å². The van der Waals surface area contributed by atoms with Crippen molar-refractivity contribution in [1.82, 2.24) is 29.8 Å². The van der Waals surface area contributed by atoms with Gasteiger partial charge >= 0.3 is 0 Å². The number of rotatable bonds is 7. The number of ether oxygens (including phenoxy) is 1. The molecule has 4 aromatic rings. The number of nitrogens with one attached hydrogen (secondary N) is 1. The van der Waals surface area contributed by atoms with E-state index in [4.69, 9.17) is 20.4 Å². The van der Waals surface area contributed by atoms with E-state index in [-0.39, 0.29) is 5.95 Å². The van der Waals surface area contributed by atoms with Crippen molar-refractivity contribution < 1.29 is 4.74 Å². The molecule has 0 saturated carbocycles. The zero-order valence-corrected chi connectivity index (χ0v) is 20.0. The summed E-state index contributed by atoms with van der Waals surface area (Å²) in [5.74, 6) is 2.58. The fourth-order valence-electron chi connectivity index (χ4n) is 3.68. The molecule has 176 valence electrons. The highest BCUT2D eigenvalue weighted by molar-refractivity contribution is 7.22. The molecule has 0 aliphatic carbocycles. The lowest BCUT2D eigenvalue weighted by Crippen LogP contribution is -2.36. The van der Waals surface area contributed by atoms with E-state index in [1.807, 2.05) is 12.3 Å². The van der Waals surface area contributed by atoms with Crippen molar-refractivity contribution in [3.8, 4) is 21.8 Å². The fourth-order valence-corrected chi connectivity index (χ4v) is 4.79. The first-order chi connectivity index (χ1) is 16.6. The third-order valence-corrected chi connectivity index (χ3v) is 6.68. The number of anilines is 3. The summed E-state index contributed by atoms with van der Waals surface area (Å²) in [6, 6.07) is 6.21. The van der Waals surface area contributed by atoms with Crippen LogP contribution in [0.25, 0.3) is 32.0 Å². The summed E-state index contributed by atoms with van der Waals surface area (Å²) in [5.41, 5.74) is 8.33. The molecule has 4 aromatic heterocycles. The van der Waals surface area contributed by atoms with E-state index in [0.717, 1.165) is 64.0 Å². The highest BCUT2D eigenvalue weighted by atomic mass is 32.1. The van der Waals surface area contributed by atoms with E-state index in [1.54, 1.807) is 23.7 Å². The average molecular weight is 478 g/mol. The number of morpholine rings is 1. The Balaban J connectivity index is 1.50. The number of nitrogens with zero attached hydrogens (tertiary/aromatic N) is 7. The van der Waals surface area contributed by atoms with E-state index >= 15 is 0 Å². The summed E-state index contributed by atoms with van der Waals surface area (Å²) < 4.78 is 6.60. The van der Waals surface area contributed by atoms with Gasteiger partial charge in [0.1, 0.15) is 5.82 Å².